The summed E-state index contributed by atoms with van der Waals surface area (Å²) in [5, 5.41) is 0.628. The van der Waals surface area contributed by atoms with Crippen LogP contribution in [0.25, 0.3) is 0 Å². The van der Waals surface area contributed by atoms with Gasteiger partial charge < -0.3 is 4.74 Å². The molecule has 0 spiro atoms. The van der Waals surface area contributed by atoms with E-state index < -0.39 is 0 Å². The predicted octanol–water partition coefficient (Wildman–Crippen LogP) is 3.34. The maximum absolute atomic E-state index is 11.8. The van der Waals surface area contributed by atoms with Gasteiger partial charge in [-0.15, -0.1) is 18.3 Å². The molecule has 1 aliphatic carbocycles. The summed E-state index contributed by atoms with van der Waals surface area (Å²) in [5.41, 5.74) is 0. The van der Waals surface area contributed by atoms with E-state index in [9.17, 15) is 4.79 Å². The van der Waals surface area contributed by atoms with E-state index in [4.69, 9.17) is 4.74 Å². The molecule has 0 aromatic carbocycles. The molecule has 2 rings (SSSR count). The van der Waals surface area contributed by atoms with Crippen LogP contribution in [-0.2, 0) is 9.53 Å². The second kappa shape index (κ2) is 6.29. The Labute approximate surface area is 107 Å². The molecule has 3 unspecified atom stereocenters. The van der Waals surface area contributed by atoms with E-state index in [1.165, 1.54) is 0 Å². The zero-order valence-corrected chi connectivity index (χ0v) is 11.0. The first-order valence-corrected chi connectivity index (χ1v) is 7.37. The molecule has 0 aromatic rings. The van der Waals surface area contributed by atoms with Crippen molar-refractivity contribution in [2.45, 2.75) is 42.6 Å². The fourth-order valence-electron chi connectivity index (χ4n) is 2.36. The van der Waals surface area contributed by atoms with Gasteiger partial charge in [-0.3, -0.25) is 4.79 Å². The standard InChI is InChI=1S/C14H20O2S/c1-2-3-4-5-6-9-16-14(15)13-11-7-8-12(10-11)17-13/h2,7-8,11-13H,1,3-6,9-10H2. The Kier molecular flexibility index (Phi) is 4.72. The van der Waals surface area contributed by atoms with E-state index in [2.05, 4.69) is 18.7 Å². The number of unbranched alkanes of at least 4 members (excludes halogenated alkanes) is 3. The SMILES string of the molecule is C=CCCCCCOC(=O)C1SC2C=CC1C2. The lowest BCUT2D eigenvalue weighted by Gasteiger charge is -2.16. The van der Waals surface area contributed by atoms with Crippen molar-refractivity contribution in [3.63, 3.8) is 0 Å². The third-order valence-electron chi connectivity index (χ3n) is 3.32. The van der Waals surface area contributed by atoms with Gasteiger partial charge in [0.1, 0.15) is 5.25 Å². The molecule has 2 nitrogen and oxygen atoms in total. The van der Waals surface area contributed by atoms with Gasteiger partial charge in [-0.1, -0.05) is 18.2 Å². The lowest BCUT2D eigenvalue weighted by molar-refractivity contribution is -0.143. The highest BCUT2D eigenvalue weighted by atomic mass is 32.2. The van der Waals surface area contributed by atoms with E-state index in [-0.39, 0.29) is 11.2 Å². The van der Waals surface area contributed by atoms with Gasteiger partial charge in [0.15, 0.2) is 0 Å². The van der Waals surface area contributed by atoms with E-state index >= 15 is 0 Å². The Hall–Kier alpha value is -0.700. The average Bonchev–Trinajstić information content (AvgIpc) is 2.95. The molecule has 0 aromatic heterocycles. The van der Waals surface area contributed by atoms with Gasteiger partial charge >= 0.3 is 5.97 Å². The van der Waals surface area contributed by atoms with Crippen LogP contribution in [-0.4, -0.2) is 23.1 Å². The Morgan fingerprint density at radius 1 is 1.41 bits per heavy atom. The Morgan fingerprint density at radius 3 is 2.94 bits per heavy atom. The first kappa shape index (κ1) is 12.7. The fraction of sp³-hybridized carbons (Fsp3) is 0.643. The summed E-state index contributed by atoms with van der Waals surface area (Å²) < 4.78 is 5.34. The van der Waals surface area contributed by atoms with Crippen LogP contribution in [0.3, 0.4) is 0 Å². The zero-order valence-electron chi connectivity index (χ0n) is 10.1. The van der Waals surface area contributed by atoms with Crippen molar-refractivity contribution in [3.05, 3.63) is 24.8 Å². The van der Waals surface area contributed by atoms with Gasteiger partial charge in [0.05, 0.1) is 6.61 Å². The van der Waals surface area contributed by atoms with Crippen molar-refractivity contribution >= 4 is 17.7 Å². The van der Waals surface area contributed by atoms with Crippen LogP contribution in [0.5, 0.6) is 0 Å². The van der Waals surface area contributed by atoms with Crippen molar-refractivity contribution in [2.24, 2.45) is 5.92 Å². The molecule has 17 heavy (non-hydrogen) atoms. The Balaban J connectivity index is 1.58. The van der Waals surface area contributed by atoms with Gasteiger partial charge in [-0.25, -0.2) is 0 Å². The largest absolute Gasteiger partial charge is 0.465 e. The van der Waals surface area contributed by atoms with Gasteiger partial charge in [0.2, 0.25) is 0 Å². The van der Waals surface area contributed by atoms with Gasteiger partial charge in [-0.2, -0.15) is 0 Å². The summed E-state index contributed by atoms with van der Waals surface area (Å²) in [6.45, 7) is 4.26. The molecular weight excluding hydrogens is 232 g/mol. The van der Waals surface area contributed by atoms with E-state index in [0.717, 1.165) is 32.1 Å². The smallest absolute Gasteiger partial charge is 0.319 e. The molecule has 2 bridgehead atoms. The summed E-state index contributed by atoms with van der Waals surface area (Å²) in [6.07, 6.45) is 11.7. The number of esters is 1. The van der Waals surface area contributed by atoms with Gasteiger partial charge in [0, 0.05) is 11.2 Å². The predicted molar refractivity (Wildman–Crippen MR) is 72.0 cm³/mol. The van der Waals surface area contributed by atoms with Gasteiger partial charge in [-0.05, 0) is 32.1 Å². The van der Waals surface area contributed by atoms with Crippen molar-refractivity contribution in [1.29, 1.82) is 0 Å². The van der Waals surface area contributed by atoms with Gasteiger partial charge in [0.25, 0.3) is 0 Å². The second-order valence-corrected chi connectivity index (χ2v) is 6.07. The fourth-order valence-corrected chi connectivity index (χ4v) is 3.83. The molecule has 0 radical (unpaired) electrons. The van der Waals surface area contributed by atoms with Crippen LogP contribution in [0.1, 0.15) is 32.1 Å². The minimum absolute atomic E-state index is 0.00410. The monoisotopic (exact) mass is 252 g/mol. The van der Waals surface area contributed by atoms with E-state index in [1.54, 1.807) is 11.8 Å². The van der Waals surface area contributed by atoms with E-state index in [1.807, 2.05) is 6.08 Å². The van der Waals surface area contributed by atoms with E-state index in [0.29, 0.717) is 17.8 Å². The number of carbonyl (C=O) groups is 1. The Morgan fingerprint density at radius 2 is 2.29 bits per heavy atom. The number of fused-ring (bicyclic) bond motifs is 2. The summed E-state index contributed by atoms with van der Waals surface area (Å²) in [7, 11) is 0. The Bertz CT molecular complexity index is 311. The molecule has 3 heteroatoms. The molecule has 1 fully saturated rings. The van der Waals surface area contributed by atoms with Crippen molar-refractivity contribution in [1.82, 2.24) is 0 Å². The molecule has 3 atom stereocenters. The molecule has 1 saturated heterocycles. The highest BCUT2D eigenvalue weighted by molar-refractivity contribution is 8.01. The third kappa shape index (κ3) is 3.38. The van der Waals surface area contributed by atoms with Crippen LogP contribution in [0.4, 0.5) is 0 Å². The maximum Gasteiger partial charge on any atom is 0.319 e. The minimum atomic E-state index is -0.00410. The third-order valence-corrected chi connectivity index (χ3v) is 4.85. The number of thioether (sulfide) groups is 1. The second-order valence-electron chi connectivity index (χ2n) is 4.69. The van der Waals surface area contributed by atoms with Crippen molar-refractivity contribution in [2.75, 3.05) is 6.61 Å². The van der Waals surface area contributed by atoms with Crippen molar-refractivity contribution < 1.29 is 9.53 Å². The molecule has 94 valence electrons. The van der Waals surface area contributed by atoms with Crippen LogP contribution < -0.4 is 0 Å². The first-order valence-electron chi connectivity index (χ1n) is 6.42. The molecule has 1 aliphatic heterocycles. The molecular formula is C14H20O2S. The summed E-state index contributed by atoms with van der Waals surface area (Å²) in [5.74, 6) is 0.425. The number of allylic oxidation sites excluding steroid dienone is 2. The quantitative estimate of drug-likeness (QED) is 0.395. The highest BCUT2D eigenvalue weighted by Crippen LogP contribution is 2.45. The highest BCUT2D eigenvalue weighted by Gasteiger charge is 2.41. The average molecular weight is 252 g/mol. The normalized spacial score (nSPS) is 29.5. The molecule has 0 saturated carbocycles. The number of ether oxygens (including phenoxy) is 1. The van der Waals surface area contributed by atoms with Crippen LogP contribution in [0.2, 0.25) is 0 Å². The summed E-state index contributed by atoms with van der Waals surface area (Å²) in [4.78, 5) is 11.8. The topological polar surface area (TPSA) is 26.3 Å². The lowest BCUT2D eigenvalue weighted by Crippen LogP contribution is -2.24. The summed E-state index contributed by atoms with van der Waals surface area (Å²) in [6, 6.07) is 0. The molecule has 0 N–H and O–H groups in total. The number of hydrogen-bond acceptors (Lipinski definition) is 3. The number of carbonyl (C=O) groups excluding carboxylic acids is 1. The minimum Gasteiger partial charge on any atom is -0.465 e. The van der Waals surface area contributed by atoms with Crippen LogP contribution in [0, 0.1) is 5.92 Å². The summed E-state index contributed by atoms with van der Waals surface area (Å²) >= 11 is 1.77. The molecule has 2 aliphatic rings. The maximum atomic E-state index is 11.8. The lowest BCUT2D eigenvalue weighted by atomic mass is 10.1. The molecule has 1 heterocycles. The first-order chi connectivity index (χ1) is 8.31. The number of rotatable bonds is 7. The zero-order chi connectivity index (χ0) is 12.1. The van der Waals surface area contributed by atoms with Crippen molar-refractivity contribution in [3.8, 4) is 0 Å². The number of hydrogen-bond donors (Lipinski definition) is 0. The van der Waals surface area contributed by atoms with Crippen LogP contribution >= 0.6 is 11.8 Å². The molecule has 0 amide bonds. The van der Waals surface area contributed by atoms with Crippen LogP contribution in [0.15, 0.2) is 24.8 Å².